The smallest absolute Gasteiger partial charge is 0.325 e. The molecule has 14 heavy (non-hydrogen) atoms. The number of rotatable bonds is 8. The van der Waals surface area contributed by atoms with Crippen molar-refractivity contribution in [3.63, 3.8) is 0 Å². The second kappa shape index (κ2) is 9.60. The number of hydrogen-bond donors (Lipinski definition) is 0. The van der Waals surface area contributed by atoms with E-state index in [1.54, 1.807) is 0 Å². The number of carbonyl (C=O) groups excluding carboxylic acids is 1. The van der Waals surface area contributed by atoms with Gasteiger partial charge in [0.25, 0.3) is 0 Å². The summed E-state index contributed by atoms with van der Waals surface area (Å²) >= 11 is 11.0. The highest BCUT2D eigenvalue weighted by molar-refractivity contribution is 6.35. The molecule has 0 bridgehead atoms. The number of unbranched alkanes of at least 4 members (excludes halogenated alkanes) is 4. The maximum absolute atomic E-state index is 11.0. The molecule has 0 radical (unpaired) electrons. The summed E-state index contributed by atoms with van der Waals surface area (Å²) in [5.74, 6) is -0.298. The molecule has 0 rings (SSSR count). The molecule has 0 N–H and O–H groups in total. The Labute approximate surface area is 95.9 Å². The first-order chi connectivity index (χ1) is 6.72. The van der Waals surface area contributed by atoms with E-state index in [4.69, 9.17) is 27.9 Å². The van der Waals surface area contributed by atoms with Crippen molar-refractivity contribution in [2.24, 2.45) is 0 Å². The molecule has 2 nitrogen and oxygen atoms in total. The van der Waals surface area contributed by atoms with Gasteiger partial charge < -0.3 is 4.74 Å². The van der Waals surface area contributed by atoms with Crippen LogP contribution in [-0.2, 0) is 9.53 Å². The highest BCUT2D eigenvalue weighted by Crippen LogP contribution is 2.05. The first-order valence-corrected chi connectivity index (χ1v) is 6.06. The predicted octanol–water partition coefficient (Wildman–Crippen LogP) is 3.35. The van der Waals surface area contributed by atoms with Gasteiger partial charge in [-0.2, -0.15) is 0 Å². The van der Waals surface area contributed by atoms with Crippen molar-refractivity contribution in [3.05, 3.63) is 0 Å². The van der Waals surface area contributed by atoms with Crippen LogP contribution in [0.5, 0.6) is 0 Å². The number of ether oxygens (including phenoxy) is 1. The van der Waals surface area contributed by atoms with E-state index >= 15 is 0 Å². The van der Waals surface area contributed by atoms with Crippen LogP contribution >= 0.6 is 23.2 Å². The molecule has 4 heteroatoms. The minimum Gasteiger partial charge on any atom is -0.465 e. The predicted molar refractivity (Wildman–Crippen MR) is 60.1 cm³/mol. The Morgan fingerprint density at radius 1 is 1.29 bits per heavy atom. The van der Waals surface area contributed by atoms with Crippen LogP contribution in [0.1, 0.15) is 39.0 Å². The molecule has 0 aromatic carbocycles. The van der Waals surface area contributed by atoms with Gasteiger partial charge in [-0.1, -0.05) is 32.6 Å². The molecule has 0 aromatic rings. The molecule has 0 aliphatic carbocycles. The molecule has 0 saturated carbocycles. The molecule has 0 heterocycles. The van der Waals surface area contributed by atoms with Crippen molar-refractivity contribution in [1.29, 1.82) is 0 Å². The summed E-state index contributed by atoms with van der Waals surface area (Å²) < 4.78 is 4.92. The Bertz CT molecular complexity index is 151. The van der Waals surface area contributed by atoms with Gasteiger partial charge in [0.05, 0.1) is 6.61 Å². The summed E-state index contributed by atoms with van der Waals surface area (Å²) in [4.78, 5) is 11.0. The summed E-state index contributed by atoms with van der Waals surface area (Å²) in [6.07, 6.45) is 5.68. The van der Waals surface area contributed by atoms with Crippen LogP contribution in [0.4, 0.5) is 0 Å². The highest BCUT2D eigenvalue weighted by atomic mass is 35.5. The van der Waals surface area contributed by atoms with Crippen LogP contribution in [0.3, 0.4) is 0 Å². The van der Waals surface area contributed by atoms with Crippen molar-refractivity contribution >= 4 is 29.2 Å². The normalized spacial score (nSPS) is 12.5. The third kappa shape index (κ3) is 7.45. The van der Waals surface area contributed by atoms with Gasteiger partial charge in [0, 0.05) is 5.88 Å². The van der Waals surface area contributed by atoms with E-state index in [0.717, 1.165) is 12.8 Å². The fraction of sp³-hybridized carbons (Fsp3) is 0.900. The number of halogens is 2. The first-order valence-electron chi connectivity index (χ1n) is 5.09. The topological polar surface area (TPSA) is 26.3 Å². The van der Waals surface area contributed by atoms with Gasteiger partial charge >= 0.3 is 5.97 Å². The van der Waals surface area contributed by atoms with Crippen molar-refractivity contribution in [2.45, 2.75) is 44.4 Å². The molecule has 0 aliphatic heterocycles. The van der Waals surface area contributed by atoms with Gasteiger partial charge in [-0.05, 0) is 6.42 Å². The van der Waals surface area contributed by atoms with Crippen molar-refractivity contribution in [1.82, 2.24) is 0 Å². The van der Waals surface area contributed by atoms with Gasteiger partial charge in [-0.3, -0.25) is 4.79 Å². The molecule has 1 atom stereocenters. The van der Waals surface area contributed by atoms with Gasteiger partial charge in [0.1, 0.15) is 5.38 Å². The van der Waals surface area contributed by atoms with Crippen molar-refractivity contribution in [3.8, 4) is 0 Å². The van der Waals surface area contributed by atoms with Crippen LogP contribution in [-0.4, -0.2) is 23.8 Å². The van der Waals surface area contributed by atoms with E-state index in [1.165, 1.54) is 19.3 Å². The SMILES string of the molecule is CCCCCCCOC(=O)[C@@H](Cl)CCl. The van der Waals surface area contributed by atoms with Crippen LogP contribution in [0.2, 0.25) is 0 Å². The van der Waals surface area contributed by atoms with E-state index in [2.05, 4.69) is 6.92 Å². The van der Waals surface area contributed by atoms with Gasteiger partial charge in [-0.25, -0.2) is 0 Å². The zero-order valence-electron chi connectivity index (χ0n) is 8.60. The lowest BCUT2D eigenvalue weighted by Crippen LogP contribution is -2.19. The third-order valence-corrected chi connectivity index (χ3v) is 2.68. The quantitative estimate of drug-likeness (QED) is 0.370. The molecular weight excluding hydrogens is 223 g/mol. The van der Waals surface area contributed by atoms with Gasteiger partial charge in [0.2, 0.25) is 0 Å². The average molecular weight is 241 g/mol. The number of carbonyl (C=O) groups is 1. The summed E-state index contributed by atoms with van der Waals surface area (Å²) in [7, 11) is 0. The minimum absolute atomic E-state index is 0.107. The van der Waals surface area contributed by atoms with Crippen LogP contribution in [0.15, 0.2) is 0 Å². The highest BCUT2D eigenvalue weighted by Gasteiger charge is 2.14. The Hall–Kier alpha value is 0.0500. The summed E-state index contributed by atoms with van der Waals surface area (Å²) in [6, 6.07) is 0. The molecule has 84 valence electrons. The first kappa shape index (κ1) is 14.1. The lowest BCUT2D eigenvalue weighted by atomic mass is 10.2. The maximum Gasteiger partial charge on any atom is 0.325 e. The van der Waals surface area contributed by atoms with E-state index < -0.39 is 11.3 Å². The van der Waals surface area contributed by atoms with Crippen molar-refractivity contribution < 1.29 is 9.53 Å². The van der Waals surface area contributed by atoms with Crippen LogP contribution < -0.4 is 0 Å². The fourth-order valence-electron chi connectivity index (χ4n) is 1.03. The molecule has 0 amide bonds. The Kier molecular flexibility index (Phi) is 9.63. The lowest BCUT2D eigenvalue weighted by Gasteiger charge is -2.06. The zero-order valence-corrected chi connectivity index (χ0v) is 10.1. The van der Waals surface area contributed by atoms with Crippen LogP contribution in [0.25, 0.3) is 0 Å². The van der Waals surface area contributed by atoms with Crippen molar-refractivity contribution in [2.75, 3.05) is 12.5 Å². The standard InChI is InChI=1S/C10H18Cl2O2/c1-2-3-4-5-6-7-14-10(13)9(12)8-11/h9H,2-8H2,1H3/t9-/m0/s1. The Morgan fingerprint density at radius 2 is 1.93 bits per heavy atom. The second-order valence-electron chi connectivity index (χ2n) is 3.20. The summed E-state index contributed by atoms with van der Waals surface area (Å²) in [5.41, 5.74) is 0. The zero-order chi connectivity index (χ0) is 10.8. The monoisotopic (exact) mass is 240 g/mol. The van der Waals surface area contributed by atoms with E-state index in [-0.39, 0.29) is 5.88 Å². The minimum atomic E-state index is -0.702. The largest absolute Gasteiger partial charge is 0.465 e. The average Bonchev–Trinajstić information content (AvgIpc) is 2.21. The number of alkyl halides is 2. The van der Waals surface area contributed by atoms with Crippen LogP contribution in [0, 0.1) is 0 Å². The van der Waals surface area contributed by atoms with E-state index in [0.29, 0.717) is 6.61 Å². The Morgan fingerprint density at radius 3 is 2.50 bits per heavy atom. The summed E-state index contributed by atoms with van der Waals surface area (Å²) in [6.45, 7) is 2.63. The number of hydrogen-bond acceptors (Lipinski definition) is 2. The summed E-state index contributed by atoms with van der Waals surface area (Å²) in [5, 5.41) is -0.702. The van der Waals surface area contributed by atoms with E-state index in [9.17, 15) is 4.79 Å². The molecule has 0 aliphatic rings. The molecule has 0 aromatic heterocycles. The second-order valence-corrected chi connectivity index (χ2v) is 4.04. The molecule has 0 spiro atoms. The lowest BCUT2D eigenvalue weighted by molar-refractivity contribution is -0.142. The Balaban J connectivity index is 3.23. The molecule has 0 unspecified atom stereocenters. The molecule has 0 saturated heterocycles. The number of esters is 1. The van der Waals surface area contributed by atoms with E-state index in [1.807, 2.05) is 0 Å². The molecular formula is C10H18Cl2O2. The third-order valence-electron chi connectivity index (χ3n) is 1.88. The maximum atomic E-state index is 11.0. The van der Waals surface area contributed by atoms with Gasteiger partial charge in [-0.15, -0.1) is 23.2 Å². The van der Waals surface area contributed by atoms with Gasteiger partial charge in [0.15, 0.2) is 0 Å². The fourth-order valence-corrected chi connectivity index (χ4v) is 1.22. The molecule has 0 fully saturated rings.